The number of hydrogen-bond acceptors (Lipinski definition) is 14. The van der Waals surface area contributed by atoms with Crippen LogP contribution in [0.4, 0.5) is 0 Å². The Morgan fingerprint density at radius 3 is 1.86 bits per heavy atom. The monoisotopic (exact) mass is 940 g/mol. The molecule has 4 fully saturated rings. The van der Waals surface area contributed by atoms with Gasteiger partial charge in [0.1, 0.15) is 39.9 Å². The lowest BCUT2D eigenvalue weighted by atomic mass is 10.0. The Kier molecular flexibility index (Phi) is 12.0. The summed E-state index contributed by atoms with van der Waals surface area (Å²) in [5.74, 6) is 4.23. The molecule has 4 aliphatic heterocycles. The zero-order valence-electron chi connectivity index (χ0n) is 37.3. The Morgan fingerprint density at radius 1 is 0.788 bits per heavy atom. The Balaban J connectivity index is 0.000000195. The second-order valence-corrected chi connectivity index (χ2v) is 18.0. The molecule has 3 saturated heterocycles. The van der Waals surface area contributed by atoms with Gasteiger partial charge in [-0.1, -0.05) is 23.7 Å². The number of para-hydroxylation sites is 1. The van der Waals surface area contributed by atoms with Gasteiger partial charge in [0, 0.05) is 45.0 Å². The first-order chi connectivity index (χ1) is 32.0. The van der Waals surface area contributed by atoms with Crippen LogP contribution in [0.25, 0.3) is 22.1 Å². The maximum absolute atomic E-state index is 12.4. The van der Waals surface area contributed by atoms with Gasteiger partial charge in [0.25, 0.3) is 5.79 Å². The predicted molar refractivity (Wildman–Crippen MR) is 243 cm³/mol. The minimum absolute atomic E-state index is 0.131. The molecule has 3 aromatic carbocycles. The van der Waals surface area contributed by atoms with Crippen LogP contribution in [0.5, 0.6) is 23.0 Å². The molecule has 0 spiro atoms. The molecule has 1 saturated carbocycles. The third kappa shape index (κ3) is 8.06. The summed E-state index contributed by atoms with van der Waals surface area (Å²) in [6.45, 7) is 7.41. The van der Waals surface area contributed by atoms with Crippen molar-refractivity contribution < 1.29 is 47.5 Å². The number of benzene rings is 3. The first-order valence-electron chi connectivity index (χ1n) is 22.0. The Hall–Kier alpha value is -5.65. The maximum atomic E-state index is 12.4. The van der Waals surface area contributed by atoms with Crippen LogP contribution in [0.1, 0.15) is 69.3 Å². The fourth-order valence-corrected chi connectivity index (χ4v) is 10.0. The van der Waals surface area contributed by atoms with E-state index in [0.717, 1.165) is 78.8 Å². The zero-order valence-corrected chi connectivity index (χ0v) is 38.8. The molecule has 1 aliphatic carbocycles. The summed E-state index contributed by atoms with van der Waals surface area (Å²) in [6, 6.07) is 16.7. The molecule has 0 amide bonds. The van der Waals surface area contributed by atoms with E-state index >= 15 is 0 Å². The van der Waals surface area contributed by atoms with Crippen LogP contribution in [-0.4, -0.2) is 108 Å². The Bertz CT molecular complexity index is 2810. The van der Waals surface area contributed by atoms with Gasteiger partial charge in [-0.05, 0) is 73.1 Å². The van der Waals surface area contributed by atoms with Crippen molar-refractivity contribution in [2.45, 2.75) is 69.2 Å². The van der Waals surface area contributed by atoms with Crippen LogP contribution in [0, 0.1) is 11.8 Å². The summed E-state index contributed by atoms with van der Waals surface area (Å²) in [4.78, 5) is 40.8. The van der Waals surface area contributed by atoms with Crippen LogP contribution in [0.3, 0.4) is 0 Å². The number of carbonyl (C=O) groups is 2. The fraction of sp³-hybridized carbons (Fsp3) is 0.438. The normalized spacial score (nSPS) is 23.7. The number of pyridine rings is 1. The van der Waals surface area contributed by atoms with Gasteiger partial charge in [-0.2, -0.15) is 0 Å². The Morgan fingerprint density at radius 2 is 1.36 bits per heavy atom. The highest BCUT2D eigenvalue weighted by molar-refractivity contribution is 6.30. The topological polar surface area (TPSA) is 160 Å². The fourth-order valence-electron chi connectivity index (χ4n) is 9.72. The van der Waals surface area contributed by atoms with E-state index in [-0.39, 0.29) is 18.1 Å². The third-order valence-electron chi connectivity index (χ3n) is 13.4. The molecular formula is C48H50Cl2N6O10. The number of likely N-dealkylation sites (tertiary alicyclic amines) is 1. The lowest BCUT2D eigenvalue weighted by molar-refractivity contribution is -0.0721. The lowest BCUT2D eigenvalue weighted by Gasteiger charge is -2.28. The molecule has 3 aromatic heterocycles. The molecule has 7 heterocycles. The quantitative estimate of drug-likeness (QED) is 0.0827. The molecule has 11 rings (SSSR count). The smallest absolute Gasteiger partial charge is 0.338 e. The van der Waals surface area contributed by atoms with Crippen molar-refractivity contribution in [1.82, 2.24) is 29.0 Å². The number of nitrogens with zero attached hydrogens (tertiary/aromatic N) is 6. The molecule has 16 nitrogen and oxygen atoms in total. The lowest BCUT2D eigenvalue weighted by Crippen LogP contribution is -2.33. The van der Waals surface area contributed by atoms with Gasteiger partial charge >= 0.3 is 11.9 Å². The van der Waals surface area contributed by atoms with E-state index in [4.69, 9.17) is 66.1 Å². The van der Waals surface area contributed by atoms with Gasteiger partial charge in [-0.25, -0.2) is 19.6 Å². The Labute approximate surface area is 390 Å². The average molecular weight is 942 g/mol. The number of alkyl halides is 1. The molecule has 6 atom stereocenters. The largest absolute Gasteiger partial charge is 0.494 e. The van der Waals surface area contributed by atoms with E-state index in [9.17, 15) is 9.59 Å². The number of methoxy groups -OCH3 is 4. The van der Waals surface area contributed by atoms with Gasteiger partial charge in [-0.15, -0.1) is 11.6 Å². The third-order valence-corrected chi connectivity index (χ3v) is 13.8. The summed E-state index contributed by atoms with van der Waals surface area (Å²) in [6.07, 6.45) is 3.91. The summed E-state index contributed by atoms with van der Waals surface area (Å²) in [7, 11) is 5.88. The van der Waals surface area contributed by atoms with Crippen LogP contribution >= 0.6 is 23.2 Å². The molecule has 346 valence electrons. The van der Waals surface area contributed by atoms with Crippen molar-refractivity contribution in [2.75, 3.05) is 54.7 Å². The van der Waals surface area contributed by atoms with Crippen LogP contribution in [-0.2, 0) is 50.2 Å². The molecule has 66 heavy (non-hydrogen) atoms. The number of imidazole rings is 2. The number of ether oxygens (including phenoxy) is 8. The van der Waals surface area contributed by atoms with E-state index in [2.05, 4.69) is 25.5 Å². The minimum atomic E-state index is -1.00. The first-order valence-corrected chi connectivity index (χ1v) is 22.9. The van der Waals surface area contributed by atoms with Crippen molar-refractivity contribution in [2.24, 2.45) is 11.8 Å². The van der Waals surface area contributed by atoms with E-state index in [1.165, 1.54) is 19.8 Å². The van der Waals surface area contributed by atoms with Crippen molar-refractivity contribution in [3.8, 4) is 23.0 Å². The number of fused-ring (bicyclic) bond motifs is 4. The standard InChI is InChI=1S/C33H33ClN4O6.C15H17ClN2O4/c1-33(27-8-7-19(34)13-35-27)43-25-6-4-5-21(31(25)44-33)29-22-15-37(16-23(22)29)17-28-36-30-24(38(28)14-20-9-10-42-20)11-18(32(39)41-3)12-26(30)40-2;1-20-12-6-9(15(19)21-2)5-11-14(12)17-13(7-16)18(11)8-10-3-4-22-10/h4-8,11-13,20,22-23,29H,9-10,14-17H2,1-3H3;5-6,10H,3-4,7-8H2,1-2H3/t20-,22-,23+,29?,33?;10-/m00/s1. The molecule has 2 unspecified atom stereocenters. The van der Waals surface area contributed by atoms with Crippen molar-refractivity contribution >= 4 is 57.2 Å². The van der Waals surface area contributed by atoms with E-state index in [1.807, 2.05) is 35.8 Å². The molecule has 0 N–H and O–H groups in total. The van der Waals surface area contributed by atoms with E-state index in [1.54, 1.807) is 44.7 Å². The number of carbonyl (C=O) groups excluding carboxylic acids is 2. The maximum Gasteiger partial charge on any atom is 0.338 e. The van der Waals surface area contributed by atoms with Crippen molar-refractivity contribution in [3.63, 3.8) is 0 Å². The minimum Gasteiger partial charge on any atom is -0.494 e. The summed E-state index contributed by atoms with van der Waals surface area (Å²) < 4.78 is 49.1. The van der Waals surface area contributed by atoms with E-state index in [0.29, 0.717) is 76.2 Å². The van der Waals surface area contributed by atoms with Gasteiger partial charge in [0.15, 0.2) is 11.5 Å². The van der Waals surface area contributed by atoms with Gasteiger partial charge in [0.2, 0.25) is 0 Å². The molecule has 18 heteroatoms. The van der Waals surface area contributed by atoms with Gasteiger partial charge in [-0.3, -0.25) is 9.88 Å². The second kappa shape index (κ2) is 17.9. The summed E-state index contributed by atoms with van der Waals surface area (Å²) in [5, 5.41) is 0.570. The molecule has 0 bridgehead atoms. The van der Waals surface area contributed by atoms with Crippen molar-refractivity contribution in [3.05, 3.63) is 99.8 Å². The highest BCUT2D eigenvalue weighted by Crippen LogP contribution is 2.62. The summed E-state index contributed by atoms with van der Waals surface area (Å²) in [5.41, 5.74) is 5.81. The number of rotatable bonds is 13. The number of esters is 2. The predicted octanol–water partition coefficient (Wildman–Crippen LogP) is 7.52. The highest BCUT2D eigenvalue weighted by Gasteiger charge is 2.58. The van der Waals surface area contributed by atoms with Crippen LogP contribution in [0.15, 0.2) is 60.8 Å². The van der Waals surface area contributed by atoms with Gasteiger partial charge in [0.05, 0.1) is 93.3 Å². The number of halogens is 2. The summed E-state index contributed by atoms with van der Waals surface area (Å²) >= 11 is 12.1. The van der Waals surface area contributed by atoms with Gasteiger partial charge < -0.3 is 47.0 Å². The number of piperidine rings is 1. The molecular weight excluding hydrogens is 891 g/mol. The average Bonchev–Trinajstić information content (AvgIpc) is 3.72. The van der Waals surface area contributed by atoms with E-state index < -0.39 is 17.7 Å². The SMILES string of the molecule is COC(=O)c1cc(OC)c2nc(CCl)n(C[C@@H]3CCO3)c2c1.COC(=O)c1cc(OC)c2nc(CN3C[C@@H]4C(c5cccc6c5OC(C)(c5ccc(Cl)cn5)O6)[C@@H]4C3)n(C[C@@H]3CCO3)c2c1. The first kappa shape index (κ1) is 44.2. The highest BCUT2D eigenvalue weighted by atomic mass is 35.5. The molecule has 0 radical (unpaired) electrons. The van der Waals surface area contributed by atoms with Crippen LogP contribution < -0.4 is 18.9 Å². The van der Waals surface area contributed by atoms with Crippen LogP contribution in [0.2, 0.25) is 5.02 Å². The second-order valence-electron chi connectivity index (χ2n) is 17.3. The molecule has 6 aromatic rings. The number of hydrogen-bond donors (Lipinski definition) is 0. The zero-order chi connectivity index (χ0) is 45.9. The number of aromatic nitrogens is 5. The van der Waals surface area contributed by atoms with Crippen molar-refractivity contribution in [1.29, 1.82) is 0 Å². The molecule has 5 aliphatic rings.